The number of hydrogen-bond acceptors (Lipinski definition) is 11. The van der Waals surface area contributed by atoms with Crippen molar-refractivity contribution in [1.82, 2.24) is 14.5 Å². The van der Waals surface area contributed by atoms with Crippen molar-refractivity contribution in [2.24, 2.45) is 0 Å². The fraction of sp³-hybridized carbons (Fsp3) is 0.400. The minimum absolute atomic E-state index is 0.0278. The van der Waals surface area contributed by atoms with E-state index >= 15 is 0 Å². The quantitative estimate of drug-likeness (QED) is 0.365. The summed E-state index contributed by atoms with van der Waals surface area (Å²) >= 11 is 6.04. The fourth-order valence-corrected chi connectivity index (χ4v) is 5.80. The number of fused-ring (bicyclic) bond motifs is 1. The van der Waals surface area contributed by atoms with Crippen LogP contribution in [0.2, 0.25) is 5.02 Å². The topological polar surface area (TPSA) is 177 Å². The molecule has 0 aliphatic carbocycles. The van der Waals surface area contributed by atoms with Gasteiger partial charge in [0.2, 0.25) is 12.2 Å². The molecule has 0 amide bonds. The Kier molecular flexibility index (Phi) is 6.01. The van der Waals surface area contributed by atoms with Gasteiger partial charge in [-0.05, 0) is 24.6 Å². The zero-order valence-electron chi connectivity index (χ0n) is 18.2. The minimum Gasteiger partial charge on any atom is -0.385 e. The summed E-state index contributed by atoms with van der Waals surface area (Å²) in [6.07, 6.45) is -4.17. The highest BCUT2D eigenvalue weighted by atomic mass is 35.5. The largest absolute Gasteiger partial charge is 0.477 e. The molecule has 0 radical (unpaired) electrons. The molecule has 2 saturated heterocycles. The molecule has 4 heterocycles. The van der Waals surface area contributed by atoms with E-state index in [4.69, 9.17) is 41.4 Å². The average molecular weight is 530 g/mol. The maximum atomic E-state index is 14.6. The summed E-state index contributed by atoms with van der Waals surface area (Å²) in [5.74, 6) is -1.25. The van der Waals surface area contributed by atoms with E-state index in [0.717, 1.165) is 10.8 Å². The summed E-state index contributed by atoms with van der Waals surface area (Å²) in [5.41, 5.74) is 9.93. The minimum atomic E-state index is -4.26. The van der Waals surface area contributed by atoms with Crippen LogP contribution in [0.3, 0.4) is 0 Å². The van der Waals surface area contributed by atoms with E-state index < -0.39 is 44.0 Å². The van der Waals surface area contributed by atoms with Crippen LogP contribution in [0.15, 0.2) is 30.5 Å². The van der Waals surface area contributed by atoms with Gasteiger partial charge in [0.05, 0.1) is 18.1 Å². The number of nitrogens with zero attached hydrogens (tertiary/aromatic N) is 3. The molecular weight excluding hydrogens is 508 g/mol. The van der Waals surface area contributed by atoms with E-state index in [9.17, 15) is 19.2 Å². The van der Waals surface area contributed by atoms with Crippen LogP contribution in [0.4, 0.5) is 16.2 Å². The van der Waals surface area contributed by atoms with E-state index in [1.807, 2.05) is 0 Å². The number of aliphatic hydroxyl groups is 2. The molecule has 15 heteroatoms. The first-order chi connectivity index (χ1) is 16.5. The molecule has 188 valence electrons. The molecule has 6 atom stereocenters. The molecule has 2 aromatic heterocycles. The standard InChI is InChI=1S/C20H22ClFN5O7P/c1-20(29)14(28)17(32-18(20)27-8-11(22)13-15(23)25-19(24)26-16(13)27)34-35(30)31-6-5-12(33-35)9-3-2-4-10(21)7-9/h2-4,7-8,12,14,17-18,28-29H,5-6H2,1H3,(H4,23,24,25,26)/t12-,14+,17?,18+,20+,35?/m0/s1. The van der Waals surface area contributed by atoms with Gasteiger partial charge in [-0.15, -0.1) is 0 Å². The third kappa shape index (κ3) is 4.28. The van der Waals surface area contributed by atoms with Crippen LogP contribution in [0.5, 0.6) is 0 Å². The lowest BCUT2D eigenvalue weighted by Crippen LogP contribution is -2.44. The number of benzene rings is 1. The number of hydrogen-bond donors (Lipinski definition) is 4. The molecule has 5 rings (SSSR count). The van der Waals surface area contributed by atoms with Crippen molar-refractivity contribution >= 4 is 42.2 Å². The zero-order chi connectivity index (χ0) is 25.1. The molecule has 3 aromatic rings. The maximum absolute atomic E-state index is 14.6. The molecule has 2 fully saturated rings. The Morgan fingerprint density at radius 1 is 1.37 bits per heavy atom. The third-order valence-electron chi connectivity index (χ3n) is 5.88. The number of rotatable bonds is 4. The van der Waals surface area contributed by atoms with Crippen LogP contribution in [0.1, 0.15) is 31.2 Å². The predicted molar refractivity (Wildman–Crippen MR) is 121 cm³/mol. The van der Waals surface area contributed by atoms with Crippen LogP contribution in [0.25, 0.3) is 11.0 Å². The van der Waals surface area contributed by atoms with Crippen molar-refractivity contribution in [2.45, 2.75) is 43.7 Å². The summed E-state index contributed by atoms with van der Waals surface area (Å²) in [5, 5.41) is 22.1. The van der Waals surface area contributed by atoms with Crippen molar-refractivity contribution < 1.29 is 37.5 Å². The van der Waals surface area contributed by atoms with Gasteiger partial charge in [-0.25, -0.2) is 8.96 Å². The smallest absolute Gasteiger partial charge is 0.385 e. The summed E-state index contributed by atoms with van der Waals surface area (Å²) < 4.78 is 51.0. The molecule has 0 bridgehead atoms. The second-order valence-corrected chi connectivity index (χ2v) is 10.4. The number of halogens is 2. The highest BCUT2D eigenvalue weighted by Gasteiger charge is 2.57. The number of aliphatic hydroxyl groups excluding tert-OH is 1. The first-order valence-electron chi connectivity index (χ1n) is 10.5. The Morgan fingerprint density at radius 3 is 2.89 bits per heavy atom. The molecule has 35 heavy (non-hydrogen) atoms. The Balaban J connectivity index is 1.42. The van der Waals surface area contributed by atoms with Gasteiger partial charge in [0.1, 0.15) is 17.5 Å². The number of anilines is 2. The molecule has 6 N–H and O–H groups in total. The highest BCUT2D eigenvalue weighted by Crippen LogP contribution is 2.59. The van der Waals surface area contributed by atoms with Crippen LogP contribution in [-0.4, -0.2) is 49.4 Å². The number of phosphoric acid groups is 1. The average Bonchev–Trinajstić information content (AvgIpc) is 3.21. The normalized spacial score (nSPS) is 33.4. The van der Waals surface area contributed by atoms with Crippen LogP contribution < -0.4 is 11.5 Å². The molecule has 0 spiro atoms. The summed E-state index contributed by atoms with van der Waals surface area (Å²) in [6.45, 7) is 1.26. The van der Waals surface area contributed by atoms with Gasteiger partial charge in [0.25, 0.3) is 0 Å². The van der Waals surface area contributed by atoms with Gasteiger partial charge >= 0.3 is 7.82 Å². The lowest BCUT2D eigenvalue weighted by atomic mass is 9.99. The Bertz CT molecular complexity index is 1340. The molecule has 12 nitrogen and oxygen atoms in total. The zero-order valence-corrected chi connectivity index (χ0v) is 19.9. The van der Waals surface area contributed by atoms with Crippen molar-refractivity contribution in [3.63, 3.8) is 0 Å². The van der Waals surface area contributed by atoms with E-state index in [1.54, 1.807) is 24.3 Å². The summed E-state index contributed by atoms with van der Waals surface area (Å²) in [4.78, 5) is 7.71. The van der Waals surface area contributed by atoms with Crippen molar-refractivity contribution in [3.8, 4) is 0 Å². The predicted octanol–water partition coefficient (Wildman–Crippen LogP) is 2.66. The van der Waals surface area contributed by atoms with Gasteiger partial charge in [0, 0.05) is 17.6 Å². The number of nitrogen functional groups attached to an aromatic ring is 2. The number of aromatic nitrogens is 3. The fourth-order valence-electron chi connectivity index (χ4n) is 4.14. The lowest BCUT2D eigenvalue weighted by Gasteiger charge is -2.31. The Hall–Kier alpha value is -2.35. The first kappa shape index (κ1) is 24.3. The molecule has 2 unspecified atom stereocenters. The summed E-state index contributed by atoms with van der Waals surface area (Å²) in [6, 6.07) is 6.82. The van der Waals surface area contributed by atoms with E-state index in [0.29, 0.717) is 17.0 Å². The van der Waals surface area contributed by atoms with Crippen LogP contribution >= 0.6 is 19.4 Å². The van der Waals surface area contributed by atoms with Gasteiger partial charge in [-0.1, -0.05) is 23.7 Å². The molecular formula is C20H22ClFN5O7P. The van der Waals surface area contributed by atoms with Gasteiger partial charge < -0.3 is 26.4 Å². The second-order valence-electron chi connectivity index (χ2n) is 8.40. The van der Waals surface area contributed by atoms with Gasteiger partial charge in [-0.3, -0.25) is 18.1 Å². The number of nitrogens with two attached hydrogens (primary N) is 2. The lowest BCUT2D eigenvalue weighted by molar-refractivity contribution is -0.145. The van der Waals surface area contributed by atoms with Crippen LogP contribution in [-0.2, 0) is 22.9 Å². The molecule has 1 aromatic carbocycles. The Morgan fingerprint density at radius 2 is 2.14 bits per heavy atom. The van der Waals surface area contributed by atoms with Gasteiger partial charge in [0.15, 0.2) is 17.7 Å². The summed E-state index contributed by atoms with van der Waals surface area (Å²) in [7, 11) is -4.26. The molecule has 2 aliphatic rings. The first-order valence-corrected chi connectivity index (χ1v) is 12.3. The molecule has 2 aliphatic heterocycles. The van der Waals surface area contributed by atoms with Crippen molar-refractivity contribution in [1.29, 1.82) is 0 Å². The van der Waals surface area contributed by atoms with Crippen molar-refractivity contribution in [2.75, 3.05) is 18.1 Å². The third-order valence-corrected chi connectivity index (χ3v) is 7.60. The maximum Gasteiger partial charge on any atom is 0.477 e. The van der Waals surface area contributed by atoms with Crippen LogP contribution in [0, 0.1) is 5.82 Å². The SMILES string of the molecule is C[C@@]1(O)[C@H](O)C(OP2(=O)OCC[C@@H](c3cccc(Cl)c3)O2)O[C@H]1n1cc(F)c2c(N)nc(N)nc21. The van der Waals surface area contributed by atoms with Gasteiger partial charge in [-0.2, -0.15) is 9.97 Å². The van der Waals surface area contributed by atoms with E-state index in [1.165, 1.54) is 6.92 Å². The number of phosphoric ester groups is 1. The Labute approximate surface area is 203 Å². The molecule has 0 saturated carbocycles. The highest BCUT2D eigenvalue weighted by molar-refractivity contribution is 7.48. The second kappa shape index (κ2) is 8.64. The van der Waals surface area contributed by atoms with Crippen molar-refractivity contribution in [3.05, 3.63) is 46.9 Å². The monoisotopic (exact) mass is 529 g/mol. The van der Waals surface area contributed by atoms with E-state index in [-0.39, 0.29) is 29.4 Å². The van der Waals surface area contributed by atoms with E-state index in [2.05, 4.69) is 9.97 Å². The number of ether oxygens (including phenoxy) is 1.